The molecule has 0 saturated carbocycles. The quantitative estimate of drug-likeness (QED) is 0.288. The molecule has 0 radical (unpaired) electrons. The molecular formula is C26H25ClO5. The molecule has 0 unspecified atom stereocenters. The molecule has 0 N–H and O–H groups in total. The summed E-state index contributed by atoms with van der Waals surface area (Å²) in [6, 6.07) is 16.3. The van der Waals surface area contributed by atoms with Gasteiger partial charge in [-0.15, -0.1) is 0 Å². The van der Waals surface area contributed by atoms with Crippen LogP contribution in [0.2, 0.25) is 5.02 Å². The molecule has 0 aliphatic carbocycles. The maximum Gasteiger partial charge on any atom is 0.189 e. The van der Waals surface area contributed by atoms with Crippen LogP contribution in [0.1, 0.15) is 27.0 Å². The second-order valence-electron chi connectivity index (χ2n) is 7.03. The molecule has 3 aromatic rings. The van der Waals surface area contributed by atoms with E-state index in [0.717, 1.165) is 22.4 Å². The van der Waals surface area contributed by atoms with Gasteiger partial charge in [0.25, 0.3) is 0 Å². The minimum Gasteiger partial charge on any atom is -0.497 e. The second-order valence-corrected chi connectivity index (χ2v) is 7.44. The Hall–Kier alpha value is -3.44. The lowest BCUT2D eigenvalue weighted by Gasteiger charge is -2.12. The first-order valence-corrected chi connectivity index (χ1v) is 10.3. The van der Waals surface area contributed by atoms with Gasteiger partial charge in [-0.25, -0.2) is 0 Å². The highest BCUT2D eigenvalue weighted by molar-refractivity contribution is 6.31. The van der Waals surface area contributed by atoms with Gasteiger partial charge < -0.3 is 18.9 Å². The number of hydrogen-bond donors (Lipinski definition) is 0. The van der Waals surface area contributed by atoms with Crippen molar-refractivity contribution in [1.82, 2.24) is 0 Å². The molecule has 32 heavy (non-hydrogen) atoms. The van der Waals surface area contributed by atoms with Crippen molar-refractivity contribution in [2.24, 2.45) is 0 Å². The minimum absolute atomic E-state index is 0.189. The van der Waals surface area contributed by atoms with E-state index in [1.54, 1.807) is 44.6 Å². The topological polar surface area (TPSA) is 54.0 Å². The van der Waals surface area contributed by atoms with Gasteiger partial charge in [0.2, 0.25) is 0 Å². The first kappa shape index (κ1) is 23.2. The maximum atomic E-state index is 12.8. The van der Waals surface area contributed by atoms with Gasteiger partial charge in [-0.3, -0.25) is 4.79 Å². The summed E-state index contributed by atoms with van der Waals surface area (Å²) < 4.78 is 21.9. The zero-order chi connectivity index (χ0) is 23.1. The number of carbonyl (C=O) groups is 1. The molecule has 3 rings (SSSR count). The van der Waals surface area contributed by atoms with E-state index in [1.807, 2.05) is 37.3 Å². The summed E-state index contributed by atoms with van der Waals surface area (Å²) in [6.07, 6.45) is 3.25. The van der Waals surface area contributed by atoms with E-state index in [2.05, 4.69) is 0 Å². The van der Waals surface area contributed by atoms with Crippen LogP contribution in [0.4, 0.5) is 0 Å². The zero-order valence-corrected chi connectivity index (χ0v) is 19.2. The van der Waals surface area contributed by atoms with E-state index >= 15 is 0 Å². The Kier molecular flexibility index (Phi) is 7.79. The van der Waals surface area contributed by atoms with Crippen molar-refractivity contribution in [1.29, 1.82) is 0 Å². The van der Waals surface area contributed by atoms with Crippen molar-refractivity contribution in [2.45, 2.75) is 13.5 Å². The second kappa shape index (κ2) is 10.7. The fourth-order valence-electron chi connectivity index (χ4n) is 3.15. The number of halogens is 1. The first-order chi connectivity index (χ1) is 15.4. The molecule has 0 aromatic heterocycles. The molecule has 166 valence electrons. The van der Waals surface area contributed by atoms with Crippen LogP contribution in [0.3, 0.4) is 0 Å². The Morgan fingerprint density at radius 1 is 0.875 bits per heavy atom. The number of hydrogen-bond acceptors (Lipinski definition) is 5. The Morgan fingerprint density at radius 3 is 2.28 bits per heavy atom. The standard InChI is InChI=1S/C26H25ClO5/c1-17-13-21(7-9-23(17)27)32-16-19-14-18(6-11-25(19)30-3)5-10-24(28)22-15-20(29-2)8-12-26(22)31-4/h5-15H,16H2,1-4H3/b10-5+. The van der Waals surface area contributed by atoms with Gasteiger partial charge in [-0.1, -0.05) is 23.7 Å². The Bertz CT molecular complexity index is 1140. The normalized spacial score (nSPS) is 10.8. The summed E-state index contributed by atoms with van der Waals surface area (Å²) >= 11 is 6.08. The maximum absolute atomic E-state index is 12.8. The number of carbonyl (C=O) groups excluding carboxylic acids is 1. The first-order valence-electron chi connectivity index (χ1n) is 9.95. The van der Waals surface area contributed by atoms with Crippen LogP contribution in [0.15, 0.2) is 60.7 Å². The third-order valence-corrected chi connectivity index (χ3v) is 5.35. The summed E-state index contributed by atoms with van der Waals surface area (Å²) in [6.45, 7) is 2.24. The Balaban J connectivity index is 1.79. The number of methoxy groups -OCH3 is 3. The number of benzene rings is 3. The van der Waals surface area contributed by atoms with Crippen LogP contribution in [-0.2, 0) is 6.61 Å². The average Bonchev–Trinajstić information content (AvgIpc) is 2.82. The summed E-state index contributed by atoms with van der Waals surface area (Å²) in [4.78, 5) is 12.8. The molecule has 6 heteroatoms. The van der Waals surface area contributed by atoms with Crippen molar-refractivity contribution in [2.75, 3.05) is 21.3 Å². The van der Waals surface area contributed by atoms with Gasteiger partial charge in [0.05, 0.1) is 26.9 Å². The number of ether oxygens (including phenoxy) is 4. The van der Waals surface area contributed by atoms with Crippen LogP contribution in [0, 0.1) is 6.92 Å². The summed E-state index contributed by atoms with van der Waals surface area (Å²) in [5.74, 6) is 2.31. The zero-order valence-electron chi connectivity index (χ0n) is 18.5. The summed E-state index contributed by atoms with van der Waals surface area (Å²) in [7, 11) is 4.69. The third-order valence-electron chi connectivity index (χ3n) is 4.93. The van der Waals surface area contributed by atoms with Crippen molar-refractivity contribution < 1.29 is 23.7 Å². The highest BCUT2D eigenvalue weighted by Gasteiger charge is 2.12. The molecule has 3 aromatic carbocycles. The van der Waals surface area contributed by atoms with E-state index in [-0.39, 0.29) is 5.78 Å². The van der Waals surface area contributed by atoms with Crippen LogP contribution in [0.25, 0.3) is 6.08 Å². The molecule has 0 atom stereocenters. The Morgan fingerprint density at radius 2 is 1.59 bits per heavy atom. The highest BCUT2D eigenvalue weighted by atomic mass is 35.5. The van der Waals surface area contributed by atoms with Gasteiger partial charge >= 0.3 is 0 Å². The van der Waals surface area contributed by atoms with Crippen molar-refractivity contribution in [3.05, 3.63) is 87.9 Å². The molecule has 0 amide bonds. The predicted octanol–water partition coefficient (Wildman–Crippen LogP) is 6.15. The van der Waals surface area contributed by atoms with Gasteiger partial charge in [0.15, 0.2) is 5.78 Å². The fraction of sp³-hybridized carbons (Fsp3) is 0.192. The monoisotopic (exact) mass is 452 g/mol. The lowest BCUT2D eigenvalue weighted by atomic mass is 10.1. The molecule has 0 bridgehead atoms. The van der Waals surface area contributed by atoms with E-state index in [4.69, 9.17) is 30.5 Å². The van der Waals surface area contributed by atoms with E-state index < -0.39 is 0 Å². The molecule has 0 heterocycles. The van der Waals surface area contributed by atoms with Crippen molar-refractivity contribution >= 4 is 23.5 Å². The molecule has 0 aliphatic heterocycles. The van der Waals surface area contributed by atoms with Crippen LogP contribution >= 0.6 is 11.6 Å². The van der Waals surface area contributed by atoms with Crippen molar-refractivity contribution in [3.8, 4) is 23.0 Å². The van der Waals surface area contributed by atoms with E-state index in [0.29, 0.717) is 34.4 Å². The summed E-state index contributed by atoms with van der Waals surface area (Å²) in [5.41, 5.74) is 3.07. The predicted molar refractivity (Wildman–Crippen MR) is 126 cm³/mol. The van der Waals surface area contributed by atoms with E-state index in [1.165, 1.54) is 13.2 Å². The number of aryl methyl sites for hydroxylation is 1. The third kappa shape index (κ3) is 5.62. The SMILES string of the molecule is COc1ccc(OC)c(C(=O)/C=C/c2ccc(OC)c(COc3ccc(Cl)c(C)c3)c2)c1. The molecule has 0 aliphatic rings. The van der Waals surface area contributed by atoms with Crippen LogP contribution in [0.5, 0.6) is 23.0 Å². The lowest BCUT2D eigenvalue weighted by Crippen LogP contribution is -2.01. The van der Waals surface area contributed by atoms with Gasteiger partial charge in [-0.2, -0.15) is 0 Å². The van der Waals surface area contributed by atoms with Gasteiger partial charge in [0, 0.05) is 10.6 Å². The summed E-state index contributed by atoms with van der Waals surface area (Å²) in [5, 5.41) is 0.694. The molecule has 5 nitrogen and oxygen atoms in total. The highest BCUT2D eigenvalue weighted by Crippen LogP contribution is 2.27. The molecule has 0 fully saturated rings. The van der Waals surface area contributed by atoms with Gasteiger partial charge in [0.1, 0.15) is 29.6 Å². The largest absolute Gasteiger partial charge is 0.497 e. The van der Waals surface area contributed by atoms with Crippen LogP contribution in [-0.4, -0.2) is 27.1 Å². The number of rotatable bonds is 9. The van der Waals surface area contributed by atoms with Crippen molar-refractivity contribution in [3.63, 3.8) is 0 Å². The smallest absolute Gasteiger partial charge is 0.189 e. The molecular weight excluding hydrogens is 428 g/mol. The van der Waals surface area contributed by atoms with E-state index in [9.17, 15) is 4.79 Å². The van der Waals surface area contributed by atoms with Crippen LogP contribution < -0.4 is 18.9 Å². The van der Waals surface area contributed by atoms with Gasteiger partial charge in [-0.05, 0) is 72.7 Å². The fourth-order valence-corrected chi connectivity index (χ4v) is 3.27. The minimum atomic E-state index is -0.189. The molecule has 0 spiro atoms. The Labute approximate surface area is 193 Å². The number of allylic oxidation sites excluding steroid dienone is 1. The molecule has 0 saturated heterocycles. The lowest BCUT2D eigenvalue weighted by molar-refractivity contribution is 0.104. The number of ketones is 1. The average molecular weight is 453 g/mol.